The molecule has 1 aromatic carbocycles. The maximum atomic E-state index is 13.6. The van der Waals surface area contributed by atoms with Crippen molar-refractivity contribution in [3.8, 4) is 0 Å². The van der Waals surface area contributed by atoms with Gasteiger partial charge >= 0.3 is 11.9 Å². The second kappa shape index (κ2) is 26.6. The number of hydrogen-bond acceptors (Lipinski definition) is 5. The van der Waals surface area contributed by atoms with Gasteiger partial charge in [-0.05, 0) is 121 Å². The number of carbonyl (C=O) groups is 2. The highest BCUT2D eigenvalue weighted by molar-refractivity contribution is 5.90. The van der Waals surface area contributed by atoms with Gasteiger partial charge in [0.25, 0.3) is 0 Å². The standard InChI is InChI=1S/C60H99NO4/c1-7-8-9-10-11-12-13-14-15-16-17-18-19-20-21-22-23-24-25-26-40-64-57(62)45-61-43-49-31-30-48(41-50(49)44-61)58(63)65-52-36-38-59(5)51(42-52)32-33-53-55-35-34-54(47(4)29-27-28-46(2)3)60(55,6)39-37-56(53)59/h30-32,41,46-47,52-56H,7-29,33-40,42-45H2,1-6H3/t47-,52+,53+,54-,55+,56+,59+,60-/m1/s1. The lowest BCUT2D eigenvalue weighted by Crippen LogP contribution is -2.51. The number of esters is 2. The first-order valence-corrected chi connectivity index (χ1v) is 28.4. The van der Waals surface area contributed by atoms with E-state index in [1.165, 1.54) is 173 Å². The fourth-order valence-corrected chi connectivity index (χ4v) is 14.4. The van der Waals surface area contributed by atoms with Gasteiger partial charge in [0.05, 0.1) is 18.7 Å². The lowest BCUT2D eigenvalue weighted by molar-refractivity contribution is -0.145. The molecule has 0 bridgehead atoms. The topological polar surface area (TPSA) is 55.8 Å². The summed E-state index contributed by atoms with van der Waals surface area (Å²) in [5.74, 6) is 4.66. The van der Waals surface area contributed by atoms with Crippen LogP contribution in [0.15, 0.2) is 29.8 Å². The molecule has 8 atom stereocenters. The summed E-state index contributed by atoms with van der Waals surface area (Å²) >= 11 is 0. The number of benzene rings is 1. The van der Waals surface area contributed by atoms with Crippen molar-refractivity contribution in [2.75, 3.05) is 13.2 Å². The average molecular weight is 898 g/mol. The minimum absolute atomic E-state index is 0.0481. The number of hydrogen-bond donors (Lipinski definition) is 0. The molecule has 4 aliphatic carbocycles. The van der Waals surface area contributed by atoms with E-state index >= 15 is 0 Å². The van der Waals surface area contributed by atoms with Crippen LogP contribution in [0.3, 0.4) is 0 Å². The molecule has 0 N–H and O–H groups in total. The lowest BCUT2D eigenvalue weighted by atomic mass is 9.47. The Kier molecular flexibility index (Phi) is 21.4. The first kappa shape index (κ1) is 52.2. The van der Waals surface area contributed by atoms with Gasteiger partial charge in [-0.2, -0.15) is 0 Å². The number of fused-ring (bicyclic) bond motifs is 6. The summed E-state index contributed by atoms with van der Waals surface area (Å²) in [4.78, 5) is 28.5. The summed E-state index contributed by atoms with van der Waals surface area (Å²) < 4.78 is 12.0. The largest absolute Gasteiger partial charge is 0.465 e. The molecular weight excluding hydrogens is 799 g/mol. The molecule has 1 aromatic rings. The highest BCUT2D eigenvalue weighted by Crippen LogP contribution is 2.67. The summed E-state index contributed by atoms with van der Waals surface area (Å²) in [6.07, 6.45) is 43.8. The predicted molar refractivity (Wildman–Crippen MR) is 272 cm³/mol. The Hall–Kier alpha value is -2.14. The van der Waals surface area contributed by atoms with Crippen molar-refractivity contribution in [1.82, 2.24) is 4.90 Å². The second-order valence-corrected chi connectivity index (χ2v) is 23.6. The molecular formula is C60H99NO4. The first-order chi connectivity index (χ1) is 31.5. The summed E-state index contributed by atoms with van der Waals surface area (Å²) in [6.45, 7) is 17.1. The van der Waals surface area contributed by atoms with Crippen LogP contribution in [-0.2, 0) is 27.4 Å². The van der Waals surface area contributed by atoms with Gasteiger partial charge in [-0.25, -0.2) is 4.79 Å². The number of unbranched alkanes of at least 4 members (excludes halogenated alkanes) is 19. The molecule has 1 heterocycles. The van der Waals surface area contributed by atoms with Crippen LogP contribution in [-0.4, -0.2) is 36.1 Å². The normalized spacial score (nSPS) is 27.7. The van der Waals surface area contributed by atoms with Crippen molar-refractivity contribution in [2.45, 2.75) is 260 Å². The molecule has 6 rings (SSSR count). The molecule has 5 nitrogen and oxygen atoms in total. The molecule has 0 unspecified atom stereocenters. The molecule has 3 saturated carbocycles. The Morgan fingerprint density at radius 2 is 1.31 bits per heavy atom. The van der Waals surface area contributed by atoms with Gasteiger partial charge in [0.1, 0.15) is 6.10 Å². The quantitative estimate of drug-likeness (QED) is 0.0437. The van der Waals surface area contributed by atoms with E-state index in [0.717, 1.165) is 73.2 Å². The van der Waals surface area contributed by atoms with Gasteiger partial charge in [-0.1, -0.05) is 201 Å². The Bertz CT molecular complexity index is 1620. The van der Waals surface area contributed by atoms with Gasteiger partial charge in [-0.3, -0.25) is 9.69 Å². The highest BCUT2D eigenvalue weighted by atomic mass is 16.5. The van der Waals surface area contributed by atoms with Crippen LogP contribution in [0.25, 0.3) is 0 Å². The first-order valence-electron chi connectivity index (χ1n) is 28.4. The van der Waals surface area contributed by atoms with Crippen LogP contribution >= 0.6 is 0 Å². The Balaban J connectivity index is 0.808. The number of allylic oxidation sites excluding steroid dienone is 1. The van der Waals surface area contributed by atoms with E-state index in [1.807, 2.05) is 12.1 Å². The number of rotatable bonds is 30. The molecule has 5 aliphatic rings. The molecule has 0 amide bonds. The van der Waals surface area contributed by atoms with Crippen LogP contribution in [0.2, 0.25) is 0 Å². The zero-order valence-electron chi connectivity index (χ0n) is 43.2. The number of carbonyl (C=O) groups excluding carboxylic acids is 2. The highest BCUT2D eigenvalue weighted by Gasteiger charge is 2.59. The van der Waals surface area contributed by atoms with Crippen molar-refractivity contribution < 1.29 is 19.1 Å². The van der Waals surface area contributed by atoms with Crippen molar-refractivity contribution >= 4 is 11.9 Å². The van der Waals surface area contributed by atoms with Crippen molar-refractivity contribution in [2.24, 2.45) is 46.3 Å². The number of nitrogens with zero attached hydrogens (tertiary/aromatic N) is 1. The SMILES string of the molecule is CCCCCCCCCCCCCCCCCCCCCCOC(=O)CN1Cc2ccc(C(=O)O[C@H]3CC[C@@]4(C)C(=CC[C@H]5[C@@H]6CC[C@H]([C@H](C)CCCC(C)C)[C@@]6(C)CC[C@@H]54)C3)cc2C1. The summed E-state index contributed by atoms with van der Waals surface area (Å²) in [5.41, 5.74) is 5.29. The average Bonchev–Trinajstić information content (AvgIpc) is 3.86. The van der Waals surface area contributed by atoms with Gasteiger partial charge in [-0.15, -0.1) is 0 Å². The third-order valence-electron chi connectivity index (χ3n) is 18.4. The number of ether oxygens (including phenoxy) is 2. The molecule has 0 saturated heterocycles. The van der Waals surface area contributed by atoms with E-state index < -0.39 is 0 Å². The van der Waals surface area contributed by atoms with Crippen LogP contribution in [0.1, 0.15) is 262 Å². The van der Waals surface area contributed by atoms with Gasteiger partial charge in [0, 0.05) is 19.5 Å². The third kappa shape index (κ3) is 14.9. The van der Waals surface area contributed by atoms with Crippen LogP contribution in [0, 0.1) is 46.3 Å². The molecule has 0 spiro atoms. The third-order valence-corrected chi connectivity index (χ3v) is 18.4. The lowest BCUT2D eigenvalue weighted by Gasteiger charge is -2.58. The fourth-order valence-electron chi connectivity index (χ4n) is 14.4. The van der Waals surface area contributed by atoms with E-state index in [1.54, 1.807) is 5.57 Å². The molecule has 0 aromatic heterocycles. The molecule has 0 radical (unpaired) electrons. The Morgan fingerprint density at radius 3 is 1.94 bits per heavy atom. The fraction of sp³-hybridized carbons (Fsp3) is 0.833. The molecule has 65 heavy (non-hydrogen) atoms. The maximum Gasteiger partial charge on any atom is 0.338 e. The van der Waals surface area contributed by atoms with Gasteiger partial charge in [0.15, 0.2) is 0 Å². The predicted octanol–water partition coefficient (Wildman–Crippen LogP) is 16.9. The Morgan fingerprint density at radius 1 is 0.692 bits per heavy atom. The van der Waals surface area contributed by atoms with E-state index in [9.17, 15) is 9.59 Å². The van der Waals surface area contributed by atoms with Crippen LogP contribution < -0.4 is 0 Å². The second-order valence-electron chi connectivity index (χ2n) is 23.6. The van der Waals surface area contributed by atoms with Gasteiger partial charge in [0.2, 0.25) is 0 Å². The molecule has 5 heteroatoms. The summed E-state index contributed by atoms with van der Waals surface area (Å²) in [6, 6.07) is 6.01. The summed E-state index contributed by atoms with van der Waals surface area (Å²) in [7, 11) is 0. The van der Waals surface area contributed by atoms with Crippen LogP contribution in [0.4, 0.5) is 0 Å². The molecule has 368 valence electrons. The summed E-state index contributed by atoms with van der Waals surface area (Å²) in [5, 5.41) is 0. The van der Waals surface area contributed by atoms with E-state index in [0.29, 0.717) is 37.2 Å². The van der Waals surface area contributed by atoms with Crippen LogP contribution in [0.5, 0.6) is 0 Å². The maximum absolute atomic E-state index is 13.6. The van der Waals surface area contributed by atoms with Crippen molar-refractivity contribution in [3.05, 3.63) is 46.5 Å². The van der Waals surface area contributed by atoms with Crippen molar-refractivity contribution in [1.29, 1.82) is 0 Å². The van der Waals surface area contributed by atoms with E-state index in [-0.39, 0.29) is 23.5 Å². The minimum atomic E-state index is -0.198. The monoisotopic (exact) mass is 898 g/mol. The Labute approximate surface area is 400 Å². The van der Waals surface area contributed by atoms with Gasteiger partial charge < -0.3 is 9.47 Å². The smallest absolute Gasteiger partial charge is 0.338 e. The zero-order valence-corrected chi connectivity index (χ0v) is 43.2. The molecule has 1 aliphatic heterocycles. The zero-order chi connectivity index (χ0) is 46.1. The van der Waals surface area contributed by atoms with E-state index in [4.69, 9.17) is 9.47 Å². The minimum Gasteiger partial charge on any atom is -0.465 e. The molecule has 3 fully saturated rings. The van der Waals surface area contributed by atoms with Crippen molar-refractivity contribution in [3.63, 3.8) is 0 Å². The van der Waals surface area contributed by atoms with E-state index in [2.05, 4.69) is 58.6 Å².